The monoisotopic (exact) mass is 211 g/mol. The number of nitrogens with one attached hydrogen (secondary N) is 1. The zero-order valence-electron chi connectivity index (χ0n) is 9.65. The number of hydrogen-bond donors (Lipinski definition) is 1. The maximum atomic E-state index is 5.32. The van der Waals surface area contributed by atoms with Crippen molar-refractivity contribution in [1.82, 2.24) is 15.1 Å². The molecule has 0 aliphatic heterocycles. The molecule has 1 aromatic heterocycles. The van der Waals surface area contributed by atoms with Crippen LogP contribution in [0, 0.1) is 0 Å². The van der Waals surface area contributed by atoms with Crippen molar-refractivity contribution in [2.45, 2.75) is 32.9 Å². The molecule has 0 saturated heterocycles. The van der Waals surface area contributed by atoms with Gasteiger partial charge in [-0.15, -0.1) is 0 Å². The first-order valence-corrected chi connectivity index (χ1v) is 5.61. The summed E-state index contributed by atoms with van der Waals surface area (Å²) in [6.45, 7) is 7.72. The van der Waals surface area contributed by atoms with Crippen LogP contribution in [0.5, 0.6) is 0 Å². The standard InChI is InChI=1S/C11H21N3O/c1-3-15-10-11(2)12-6-4-8-14-9-5-7-13-14/h5,7,9,11-12H,3-4,6,8,10H2,1-2H3. The molecule has 0 aliphatic carbocycles. The SMILES string of the molecule is CCOCC(C)NCCCn1cccn1. The van der Waals surface area contributed by atoms with Gasteiger partial charge in [0.15, 0.2) is 0 Å². The molecule has 4 heteroatoms. The topological polar surface area (TPSA) is 39.1 Å². The number of nitrogens with zero attached hydrogens (tertiary/aromatic N) is 2. The third kappa shape index (κ3) is 5.54. The van der Waals surface area contributed by atoms with Crippen molar-refractivity contribution in [1.29, 1.82) is 0 Å². The Labute approximate surface area is 91.6 Å². The molecule has 1 atom stereocenters. The predicted molar refractivity (Wildman–Crippen MR) is 60.8 cm³/mol. The summed E-state index contributed by atoms with van der Waals surface area (Å²) in [7, 11) is 0. The molecule has 86 valence electrons. The van der Waals surface area contributed by atoms with Gasteiger partial charge in [-0.05, 0) is 32.9 Å². The largest absolute Gasteiger partial charge is 0.380 e. The Morgan fingerprint density at radius 2 is 2.40 bits per heavy atom. The first kappa shape index (κ1) is 12.2. The van der Waals surface area contributed by atoms with Crippen LogP contribution in [-0.4, -0.2) is 35.6 Å². The van der Waals surface area contributed by atoms with E-state index >= 15 is 0 Å². The van der Waals surface area contributed by atoms with Crippen molar-refractivity contribution >= 4 is 0 Å². The molecule has 0 saturated carbocycles. The highest BCUT2D eigenvalue weighted by molar-refractivity contribution is 4.77. The first-order chi connectivity index (χ1) is 7.33. The van der Waals surface area contributed by atoms with E-state index in [1.165, 1.54) is 0 Å². The van der Waals surface area contributed by atoms with Crippen molar-refractivity contribution in [2.24, 2.45) is 0 Å². The van der Waals surface area contributed by atoms with Gasteiger partial charge in [-0.2, -0.15) is 5.10 Å². The summed E-state index contributed by atoms with van der Waals surface area (Å²) in [6.07, 6.45) is 4.90. The van der Waals surface area contributed by atoms with Crippen molar-refractivity contribution in [3.8, 4) is 0 Å². The summed E-state index contributed by atoms with van der Waals surface area (Å²) < 4.78 is 7.27. The average Bonchev–Trinajstić information content (AvgIpc) is 2.74. The number of rotatable bonds is 8. The molecule has 15 heavy (non-hydrogen) atoms. The van der Waals surface area contributed by atoms with Crippen molar-refractivity contribution in [2.75, 3.05) is 19.8 Å². The minimum absolute atomic E-state index is 0.433. The molecule has 0 spiro atoms. The Morgan fingerprint density at radius 1 is 1.53 bits per heavy atom. The molecule has 0 aromatic carbocycles. The van der Waals surface area contributed by atoms with Crippen molar-refractivity contribution in [3.63, 3.8) is 0 Å². The van der Waals surface area contributed by atoms with Crippen LogP contribution in [0.25, 0.3) is 0 Å². The van der Waals surface area contributed by atoms with Gasteiger partial charge in [0.1, 0.15) is 0 Å². The van der Waals surface area contributed by atoms with Gasteiger partial charge in [-0.25, -0.2) is 0 Å². The lowest BCUT2D eigenvalue weighted by molar-refractivity contribution is 0.127. The molecule has 0 amide bonds. The molecular weight excluding hydrogens is 190 g/mol. The molecule has 1 N–H and O–H groups in total. The van der Waals surface area contributed by atoms with E-state index in [0.29, 0.717) is 6.04 Å². The maximum Gasteiger partial charge on any atom is 0.0616 e. The highest BCUT2D eigenvalue weighted by Gasteiger charge is 1.99. The fourth-order valence-corrected chi connectivity index (χ4v) is 1.38. The second-order valence-electron chi connectivity index (χ2n) is 3.64. The van der Waals surface area contributed by atoms with E-state index in [-0.39, 0.29) is 0 Å². The molecule has 1 rings (SSSR count). The zero-order valence-corrected chi connectivity index (χ0v) is 9.65. The van der Waals surface area contributed by atoms with E-state index in [2.05, 4.69) is 17.3 Å². The summed E-state index contributed by atoms with van der Waals surface area (Å²) >= 11 is 0. The highest BCUT2D eigenvalue weighted by atomic mass is 16.5. The Balaban J connectivity index is 1.97. The van der Waals surface area contributed by atoms with Gasteiger partial charge in [0.05, 0.1) is 6.61 Å². The average molecular weight is 211 g/mol. The van der Waals surface area contributed by atoms with Gasteiger partial charge in [0.2, 0.25) is 0 Å². The van der Waals surface area contributed by atoms with Crippen LogP contribution in [0.15, 0.2) is 18.5 Å². The Hall–Kier alpha value is -0.870. The Morgan fingerprint density at radius 3 is 3.07 bits per heavy atom. The number of ether oxygens (including phenoxy) is 1. The summed E-state index contributed by atoms with van der Waals surface area (Å²) in [4.78, 5) is 0. The Bertz CT molecular complexity index is 236. The van der Waals surface area contributed by atoms with E-state index in [1.807, 2.05) is 30.1 Å². The smallest absolute Gasteiger partial charge is 0.0616 e. The molecule has 0 fully saturated rings. The van der Waals surface area contributed by atoms with E-state index in [0.717, 1.165) is 32.7 Å². The molecule has 0 aliphatic rings. The predicted octanol–water partition coefficient (Wildman–Crippen LogP) is 1.29. The Kier molecular flexibility index (Phi) is 6.04. The van der Waals surface area contributed by atoms with E-state index in [9.17, 15) is 0 Å². The van der Waals surface area contributed by atoms with Crippen LogP contribution in [0.3, 0.4) is 0 Å². The third-order valence-corrected chi connectivity index (χ3v) is 2.19. The van der Waals surface area contributed by atoms with E-state index in [1.54, 1.807) is 0 Å². The minimum atomic E-state index is 0.433. The maximum absolute atomic E-state index is 5.32. The summed E-state index contributed by atoms with van der Waals surface area (Å²) in [5.41, 5.74) is 0. The van der Waals surface area contributed by atoms with Gasteiger partial charge >= 0.3 is 0 Å². The van der Waals surface area contributed by atoms with E-state index < -0.39 is 0 Å². The van der Waals surface area contributed by atoms with E-state index in [4.69, 9.17) is 4.74 Å². The summed E-state index contributed by atoms with van der Waals surface area (Å²) in [6, 6.07) is 2.38. The molecular formula is C11H21N3O. The van der Waals surface area contributed by atoms with Crippen LogP contribution in [-0.2, 0) is 11.3 Å². The molecule has 1 heterocycles. The molecule has 4 nitrogen and oxygen atoms in total. The fraction of sp³-hybridized carbons (Fsp3) is 0.727. The molecule has 1 unspecified atom stereocenters. The molecule has 0 radical (unpaired) electrons. The zero-order chi connectivity index (χ0) is 10.9. The van der Waals surface area contributed by atoms with Crippen LogP contribution in [0.2, 0.25) is 0 Å². The highest BCUT2D eigenvalue weighted by Crippen LogP contribution is 1.90. The number of hydrogen-bond acceptors (Lipinski definition) is 3. The van der Waals surface area contributed by atoms with Gasteiger partial charge < -0.3 is 10.1 Å². The van der Waals surface area contributed by atoms with Crippen LogP contribution >= 0.6 is 0 Å². The van der Waals surface area contributed by atoms with Gasteiger partial charge in [0.25, 0.3) is 0 Å². The summed E-state index contributed by atoms with van der Waals surface area (Å²) in [5.74, 6) is 0. The van der Waals surface area contributed by atoms with Gasteiger partial charge in [-0.1, -0.05) is 0 Å². The molecule has 1 aromatic rings. The van der Waals surface area contributed by atoms with Gasteiger partial charge in [-0.3, -0.25) is 4.68 Å². The molecule has 0 bridgehead atoms. The fourth-order valence-electron chi connectivity index (χ4n) is 1.38. The summed E-state index contributed by atoms with van der Waals surface area (Å²) in [5, 5.41) is 7.56. The third-order valence-electron chi connectivity index (χ3n) is 2.19. The van der Waals surface area contributed by atoms with Crippen LogP contribution in [0.1, 0.15) is 20.3 Å². The van der Waals surface area contributed by atoms with Crippen molar-refractivity contribution < 1.29 is 4.74 Å². The number of aromatic nitrogens is 2. The van der Waals surface area contributed by atoms with Gasteiger partial charge in [0, 0.05) is 31.6 Å². The normalized spacial score (nSPS) is 12.9. The number of aryl methyl sites for hydroxylation is 1. The lowest BCUT2D eigenvalue weighted by Gasteiger charge is -2.13. The first-order valence-electron chi connectivity index (χ1n) is 5.61. The van der Waals surface area contributed by atoms with Crippen LogP contribution in [0.4, 0.5) is 0 Å². The second-order valence-corrected chi connectivity index (χ2v) is 3.64. The lowest BCUT2D eigenvalue weighted by atomic mass is 10.3. The quantitative estimate of drug-likeness (QED) is 0.659. The second kappa shape index (κ2) is 7.43. The minimum Gasteiger partial charge on any atom is -0.380 e. The van der Waals surface area contributed by atoms with Crippen molar-refractivity contribution in [3.05, 3.63) is 18.5 Å². The lowest BCUT2D eigenvalue weighted by Crippen LogP contribution is -2.31. The van der Waals surface area contributed by atoms with Crippen LogP contribution < -0.4 is 5.32 Å².